The molecule has 14 heteroatoms. The van der Waals surface area contributed by atoms with Gasteiger partial charge in [-0.05, 0) is 38.9 Å². The summed E-state index contributed by atoms with van der Waals surface area (Å²) >= 11 is 0. The van der Waals surface area contributed by atoms with Crippen molar-refractivity contribution in [2.24, 2.45) is 0 Å². The number of ether oxygens (including phenoxy) is 1. The largest absolute Gasteiger partial charge is 0.411 e. The lowest BCUT2D eigenvalue weighted by atomic mass is 10.1. The van der Waals surface area contributed by atoms with Gasteiger partial charge in [0.25, 0.3) is 0 Å². The number of rotatable bonds is 9. The molecule has 2 aliphatic rings. The molecule has 1 atom stereocenters. The summed E-state index contributed by atoms with van der Waals surface area (Å²) in [6.45, 7) is 5.66. The Kier molecular flexibility index (Phi) is 8.19. The van der Waals surface area contributed by atoms with Gasteiger partial charge < -0.3 is 20.3 Å². The summed E-state index contributed by atoms with van der Waals surface area (Å²) in [5, 5.41) is 11.5. The first kappa shape index (κ1) is 26.5. The zero-order valence-corrected chi connectivity index (χ0v) is 21.4. The van der Waals surface area contributed by atoms with Crippen LogP contribution >= 0.6 is 0 Å². The van der Waals surface area contributed by atoms with E-state index in [0.29, 0.717) is 35.2 Å². The van der Waals surface area contributed by atoms with Crippen LogP contribution in [0.5, 0.6) is 0 Å². The van der Waals surface area contributed by atoms with Crippen LogP contribution in [0.15, 0.2) is 18.6 Å². The summed E-state index contributed by atoms with van der Waals surface area (Å²) in [5.41, 5.74) is 2.06. The quantitative estimate of drug-likeness (QED) is 0.398. The Morgan fingerprint density at radius 3 is 2.74 bits per heavy atom. The highest BCUT2D eigenvalue weighted by Gasteiger charge is 2.28. The Morgan fingerprint density at radius 1 is 1.16 bits per heavy atom. The van der Waals surface area contributed by atoms with Gasteiger partial charge >= 0.3 is 6.18 Å². The van der Waals surface area contributed by atoms with E-state index in [-0.39, 0.29) is 19.2 Å². The fraction of sp³-hybridized carbons (Fsp3) is 0.625. The standard InChI is InChI=1S/C24H33F3N10O/c1-17-13-36(10-7-29-17)23-32-20-18(14-35-8-3-2-4-9-35)34-37(11-12-38-15-24(25,26)27)21(20)22(33-23)31-19-5-6-28-16-30-19/h5-6,16-17,29H,2-4,7-15H2,1H3,(H,28,30,31,32,33)/t17-/m1/s1. The van der Waals surface area contributed by atoms with Gasteiger partial charge in [0, 0.05) is 38.4 Å². The van der Waals surface area contributed by atoms with Crippen molar-refractivity contribution in [3.05, 3.63) is 24.3 Å². The number of aromatic nitrogens is 6. The third kappa shape index (κ3) is 6.66. The number of nitrogens with one attached hydrogen (secondary N) is 2. The number of nitrogens with zero attached hydrogens (tertiary/aromatic N) is 8. The molecule has 5 rings (SSSR count). The number of halogens is 3. The smallest absolute Gasteiger partial charge is 0.370 e. The average molecular weight is 535 g/mol. The van der Waals surface area contributed by atoms with Crippen molar-refractivity contribution in [2.45, 2.75) is 51.5 Å². The fourth-order valence-corrected chi connectivity index (χ4v) is 4.90. The Balaban J connectivity index is 1.54. The zero-order chi connectivity index (χ0) is 26.5. The molecule has 11 nitrogen and oxygen atoms in total. The van der Waals surface area contributed by atoms with E-state index in [1.54, 1.807) is 16.9 Å². The highest BCUT2D eigenvalue weighted by molar-refractivity contribution is 5.90. The van der Waals surface area contributed by atoms with Gasteiger partial charge in [0.15, 0.2) is 5.82 Å². The van der Waals surface area contributed by atoms with Crippen LogP contribution in [0.3, 0.4) is 0 Å². The maximum absolute atomic E-state index is 12.7. The number of hydrogen-bond donors (Lipinski definition) is 2. The van der Waals surface area contributed by atoms with Gasteiger partial charge in [-0.25, -0.2) is 15.0 Å². The van der Waals surface area contributed by atoms with E-state index in [1.807, 2.05) is 0 Å². The van der Waals surface area contributed by atoms with Crippen LogP contribution in [0.4, 0.5) is 30.8 Å². The normalized spacial score (nSPS) is 19.3. The first-order valence-electron chi connectivity index (χ1n) is 13.0. The first-order valence-corrected chi connectivity index (χ1v) is 13.0. The summed E-state index contributed by atoms with van der Waals surface area (Å²) in [6, 6.07) is 2.00. The van der Waals surface area contributed by atoms with Crippen LogP contribution in [0.25, 0.3) is 11.0 Å². The molecule has 2 aliphatic heterocycles. The number of hydrogen-bond acceptors (Lipinski definition) is 10. The van der Waals surface area contributed by atoms with Gasteiger partial charge in [-0.2, -0.15) is 23.3 Å². The molecular weight excluding hydrogens is 501 g/mol. The number of piperidine rings is 1. The molecule has 206 valence electrons. The minimum atomic E-state index is -4.39. The number of piperazine rings is 1. The van der Waals surface area contributed by atoms with Crippen LogP contribution in [-0.4, -0.2) is 92.8 Å². The lowest BCUT2D eigenvalue weighted by Crippen LogP contribution is -2.49. The van der Waals surface area contributed by atoms with Crippen molar-refractivity contribution in [2.75, 3.05) is 56.2 Å². The van der Waals surface area contributed by atoms with E-state index in [9.17, 15) is 13.2 Å². The van der Waals surface area contributed by atoms with Crippen molar-refractivity contribution < 1.29 is 17.9 Å². The monoisotopic (exact) mass is 534 g/mol. The molecule has 2 saturated heterocycles. The molecule has 0 aliphatic carbocycles. The highest BCUT2D eigenvalue weighted by atomic mass is 19.4. The number of likely N-dealkylation sites (tertiary alicyclic amines) is 1. The highest BCUT2D eigenvalue weighted by Crippen LogP contribution is 2.30. The Labute approximate surface area is 218 Å². The molecule has 5 heterocycles. The minimum Gasteiger partial charge on any atom is -0.370 e. The van der Waals surface area contributed by atoms with Crippen LogP contribution in [0.1, 0.15) is 31.9 Å². The van der Waals surface area contributed by atoms with Gasteiger partial charge in [-0.3, -0.25) is 9.58 Å². The molecule has 2 N–H and O–H groups in total. The molecule has 0 unspecified atom stereocenters. The van der Waals surface area contributed by atoms with Crippen molar-refractivity contribution in [1.82, 2.24) is 39.9 Å². The average Bonchev–Trinajstić information content (AvgIpc) is 3.24. The molecule has 2 fully saturated rings. The molecule has 3 aromatic rings. The third-order valence-corrected chi connectivity index (χ3v) is 6.66. The second kappa shape index (κ2) is 11.7. The number of fused-ring (bicyclic) bond motifs is 1. The summed E-state index contributed by atoms with van der Waals surface area (Å²) < 4.78 is 44.5. The second-order valence-corrected chi connectivity index (χ2v) is 9.76. The van der Waals surface area contributed by atoms with Crippen molar-refractivity contribution >= 4 is 28.6 Å². The van der Waals surface area contributed by atoms with E-state index in [1.165, 1.54) is 12.7 Å². The van der Waals surface area contributed by atoms with Crippen LogP contribution < -0.4 is 15.5 Å². The van der Waals surface area contributed by atoms with Crippen molar-refractivity contribution in [3.63, 3.8) is 0 Å². The van der Waals surface area contributed by atoms with E-state index in [2.05, 4.69) is 37.3 Å². The molecule has 0 saturated carbocycles. The summed E-state index contributed by atoms with van der Waals surface area (Å²) in [4.78, 5) is 22.6. The van der Waals surface area contributed by atoms with Gasteiger partial charge in [0.05, 0.1) is 13.2 Å². The van der Waals surface area contributed by atoms with E-state index in [4.69, 9.17) is 19.8 Å². The molecule has 0 aromatic carbocycles. The van der Waals surface area contributed by atoms with E-state index < -0.39 is 12.8 Å². The summed E-state index contributed by atoms with van der Waals surface area (Å²) in [5.74, 6) is 1.61. The molecule has 0 bridgehead atoms. The van der Waals surface area contributed by atoms with Gasteiger partial charge in [0.1, 0.15) is 35.5 Å². The van der Waals surface area contributed by atoms with Crippen LogP contribution in [0.2, 0.25) is 0 Å². The topological polar surface area (TPSA) is 109 Å². The third-order valence-electron chi connectivity index (χ3n) is 6.66. The van der Waals surface area contributed by atoms with Crippen molar-refractivity contribution in [1.29, 1.82) is 0 Å². The first-order chi connectivity index (χ1) is 18.4. The van der Waals surface area contributed by atoms with E-state index >= 15 is 0 Å². The van der Waals surface area contributed by atoms with Gasteiger partial charge in [-0.15, -0.1) is 0 Å². The zero-order valence-electron chi connectivity index (χ0n) is 21.4. The summed E-state index contributed by atoms with van der Waals surface area (Å²) in [7, 11) is 0. The molecule has 0 radical (unpaired) electrons. The van der Waals surface area contributed by atoms with Crippen LogP contribution in [-0.2, 0) is 17.8 Å². The second-order valence-electron chi connectivity index (χ2n) is 9.76. The number of anilines is 3. The maximum atomic E-state index is 12.7. The lowest BCUT2D eigenvalue weighted by Gasteiger charge is -2.32. The van der Waals surface area contributed by atoms with Gasteiger partial charge in [0.2, 0.25) is 5.95 Å². The van der Waals surface area contributed by atoms with Crippen molar-refractivity contribution in [3.8, 4) is 0 Å². The summed E-state index contributed by atoms with van der Waals surface area (Å²) in [6.07, 6.45) is 2.14. The number of alkyl halides is 3. The Hall–Kier alpha value is -3.10. The maximum Gasteiger partial charge on any atom is 0.411 e. The Bertz CT molecular complexity index is 1200. The Morgan fingerprint density at radius 2 is 2.00 bits per heavy atom. The minimum absolute atomic E-state index is 0.123. The molecular formula is C24H33F3N10O. The predicted molar refractivity (Wildman–Crippen MR) is 136 cm³/mol. The van der Waals surface area contributed by atoms with E-state index in [0.717, 1.165) is 51.3 Å². The lowest BCUT2D eigenvalue weighted by molar-refractivity contribution is -0.174. The fourth-order valence-electron chi connectivity index (χ4n) is 4.90. The van der Waals surface area contributed by atoms with Crippen LogP contribution in [0, 0.1) is 0 Å². The molecule has 0 spiro atoms. The van der Waals surface area contributed by atoms with Gasteiger partial charge in [-0.1, -0.05) is 6.42 Å². The molecule has 0 amide bonds. The molecule has 3 aromatic heterocycles. The predicted octanol–water partition coefficient (Wildman–Crippen LogP) is 2.72. The molecule has 38 heavy (non-hydrogen) atoms. The SMILES string of the molecule is C[C@@H]1CN(c2nc(Nc3ccncn3)c3c(n2)c(CN2CCCCC2)nn3CCOCC(F)(F)F)CCN1.